The number of ether oxygens (including phenoxy) is 1. The van der Waals surface area contributed by atoms with Gasteiger partial charge in [0.15, 0.2) is 0 Å². The van der Waals surface area contributed by atoms with E-state index in [-0.39, 0.29) is 17.3 Å². The van der Waals surface area contributed by atoms with Crippen molar-refractivity contribution in [1.82, 2.24) is 0 Å². The molecule has 4 bridgehead atoms. The normalized spacial score (nSPS) is 46.4. The topological polar surface area (TPSA) is 26.3 Å². The highest BCUT2D eigenvalue weighted by molar-refractivity contribution is 5.74. The maximum Gasteiger partial charge on any atom is 0.309 e. The number of rotatable bonds is 4. The molecule has 7 unspecified atom stereocenters. The average molecular weight is 316 g/mol. The molecule has 2 heteroatoms. The molecular formula is C21H32O2. The summed E-state index contributed by atoms with van der Waals surface area (Å²) < 4.78 is 5.71. The Morgan fingerprint density at radius 2 is 2.00 bits per heavy atom. The van der Waals surface area contributed by atoms with Crippen LogP contribution in [0.5, 0.6) is 0 Å². The molecule has 0 aromatic rings. The van der Waals surface area contributed by atoms with Gasteiger partial charge in [-0.15, -0.1) is 0 Å². The molecule has 0 saturated heterocycles. The van der Waals surface area contributed by atoms with E-state index in [2.05, 4.69) is 39.8 Å². The van der Waals surface area contributed by atoms with E-state index in [4.69, 9.17) is 4.74 Å². The van der Waals surface area contributed by atoms with Crippen LogP contribution in [0.25, 0.3) is 0 Å². The van der Waals surface area contributed by atoms with Crippen LogP contribution in [-0.4, -0.2) is 12.6 Å². The summed E-state index contributed by atoms with van der Waals surface area (Å²) in [5.74, 6) is 3.97. The number of fused-ring (bicyclic) bond motifs is 9. The Morgan fingerprint density at radius 3 is 2.70 bits per heavy atom. The van der Waals surface area contributed by atoms with Gasteiger partial charge in [0.1, 0.15) is 0 Å². The van der Waals surface area contributed by atoms with Gasteiger partial charge in [0.05, 0.1) is 12.5 Å². The van der Waals surface area contributed by atoms with Crippen LogP contribution < -0.4 is 0 Å². The smallest absolute Gasteiger partial charge is 0.309 e. The Labute approximate surface area is 141 Å². The number of esters is 1. The minimum atomic E-state index is 0.0639. The Morgan fingerprint density at radius 1 is 1.22 bits per heavy atom. The van der Waals surface area contributed by atoms with E-state index >= 15 is 0 Å². The molecule has 4 rings (SSSR count). The van der Waals surface area contributed by atoms with Gasteiger partial charge in [-0.2, -0.15) is 0 Å². The monoisotopic (exact) mass is 316 g/mol. The first-order valence-corrected chi connectivity index (χ1v) is 9.72. The average Bonchev–Trinajstić information content (AvgIpc) is 3.21. The van der Waals surface area contributed by atoms with Crippen molar-refractivity contribution < 1.29 is 9.53 Å². The van der Waals surface area contributed by atoms with Gasteiger partial charge in [-0.1, -0.05) is 46.3 Å². The van der Waals surface area contributed by atoms with Gasteiger partial charge in [-0.3, -0.25) is 4.79 Å². The summed E-state index contributed by atoms with van der Waals surface area (Å²) in [4.78, 5) is 12.7. The minimum absolute atomic E-state index is 0.0639. The van der Waals surface area contributed by atoms with Crippen molar-refractivity contribution in [2.75, 3.05) is 6.61 Å². The van der Waals surface area contributed by atoms with Crippen molar-refractivity contribution in [3.8, 4) is 0 Å². The Hall–Kier alpha value is -0.790. The minimum Gasteiger partial charge on any atom is -0.465 e. The maximum atomic E-state index is 12.7. The lowest BCUT2D eigenvalue weighted by atomic mass is 9.57. The third kappa shape index (κ3) is 2.16. The van der Waals surface area contributed by atoms with Crippen LogP contribution in [0, 0.1) is 46.3 Å². The van der Waals surface area contributed by atoms with Gasteiger partial charge in [0.25, 0.3) is 0 Å². The Bertz CT molecular complexity index is 528. The highest BCUT2D eigenvalue weighted by atomic mass is 16.5. The summed E-state index contributed by atoms with van der Waals surface area (Å²) in [5.41, 5.74) is 0.605. The van der Waals surface area contributed by atoms with Gasteiger partial charge in [-0.05, 0) is 66.1 Å². The van der Waals surface area contributed by atoms with E-state index in [1.807, 2.05) is 0 Å². The fraction of sp³-hybridized carbons (Fsp3) is 0.857. The molecular weight excluding hydrogens is 284 g/mol. The lowest BCUT2D eigenvalue weighted by Gasteiger charge is -2.47. The molecule has 2 nitrogen and oxygen atoms in total. The van der Waals surface area contributed by atoms with E-state index < -0.39 is 0 Å². The lowest BCUT2D eigenvalue weighted by Crippen LogP contribution is -2.44. The van der Waals surface area contributed by atoms with Crippen LogP contribution in [0.1, 0.15) is 59.8 Å². The Kier molecular flexibility index (Phi) is 3.49. The summed E-state index contributed by atoms with van der Waals surface area (Å²) in [6.45, 7) is 9.29. The van der Waals surface area contributed by atoms with E-state index in [0.717, 1.165) is 30.1 Å². The fourth-order valence-electron chi connectivity index (χ4n) is 6.89. The molecule has 0 heterocycles. The van der Waals surface area contributed by atoms with Crippen molar-refractivity contribution >= 4 is 5.97 Å². The quantitative estimate of drug-likeness (QED) is 0.421. The second kappa shape index (κ2) is 5.10. The number of carbonyl (C=O) groups excluding carboxylic acids is 1. The Balaban J connectivity index is 1.53. The van der Waals surface area contributed by atoms with Crippen molar-refractivity contribution in [1.29, 1.82) is 0 Å². The molecule has 0 aromatic heterocycles. The van der Waals surface area contributed by atoms with E-state index in [0.29, 0.717) is 17.9 Å². The third-order valence-corrected chi connectivity index (χ3v) is 7.36. The first kappa shape index (κ1) is 15.7. The second-order valence-corrected chi connectivity index (χ2v) is 9.89. The molecule has 0 spiro atoms. The molecule has 0 aromatic carbocycles. The second-order valence-electron chi connectivity index (χ2n) is 9.89. The largest absolute Gasteiger partial charge is 0.465 e. The molecule has 4 aliphatic carbocycles. The first-order valence-electron chi connectivity index (χ1n) is 9.72. The summed E-state index contributed by atoms with van der Waals surface area (Å²) in [5, 5.41) is 0. The standard InChI is InChI=1S/C21H32O2/c1-5-8-21-14-7-6-13(9-14)18(21)16-10-15(21)11-17(16)19(22)23-12-20(2,3)4/h6-7,13-18H,5,8-12H2,1-4H3. The molecule has 23 heavy (non-hydrogen) atoms. The maximum absolute atomic E-state index is 12.7. The number of carbonyl (C=O) groups is 1. The molecule has 0 N–H and O–H groups in total. The van der Waals surface area contributed by atoms with Gasteiger partial charge < -0.3 is 4.74 Å². The summed E-state index contributed by atoms with van der Waals surface area (Å²) >= 11 is 0. The van der Waals surface area contributed by atoms with Crippen LogP contribution in [0.15, 0.2) is 12.2 Å². The zero-order chi connectivity index (χ0) is 16.4. The number of allylic oxidation sites excluding steroid dienone is 2. The van der Waals surface area contributed by atoms with Crippen molar-refractivity contribution in [3.05, 3.63) is 12.2 Å². The predicted molar refractivity (Wildman–Crippen MR) is 91.7 cm³/mol. The fourth-order valence-corrected chi connectivity index (χ4v) is 6.89. The molecule has 0 amide bonds. The molecule has 0 aliphatic heterocycles. The van der Waals surface area contributed by atoms with Crippen LogP contribution >= 0.6 is 0 Å². The summed E-state index contributed by atoms with van der Waals surface area (Å²) in [7, 11) is 0. The molecule has 3 saturated carbocycles. The SMILES string of the molecule is CCCC12C3C=CC(C3)C1C1CC2CC1C(=O)OCC(C)(C)C. The van der Waals surface area contributed by atoms with Gasteiger partial charge in [0, 0.05) is 0 Å². The molecule has 4 aliphatic rings. The van der Waals surface area contributed by atoms with Crippen molar-refractivity contribution in [3.63, 3.8) is 0 Å². The van der Waals surface area contributed by atoms with Crippen molar-refractivity contribution in [2.45, 2.75) is 59.8 Å². The molecule has 3 fully saturated rings. The van der Waals surface area contributed by atoms with Crippen LogP contribution in [0.3, 0.4) is 0 Å². The van der Waals surface area contributed by atoms with Crippen molar-refractivity contribution in [2.24, 2.45) is 46.3 Å². The summed E-state index contributed by atoms with van der Waals surface area (Å²) in [6, 6.07) is 0. The zero-order valence-corrected chi connectivity index (χ0v) is 15.2. The van der Waals surface area contributed by atoms with Gasteiger partial charge >= 0.3 is 5.97 Å². The van der Waals surface area contributed by atoms with Crippen LogP contribution in [-0.2, 0) is 9.53 Å². The highest BCUT2D eigenvalue weighted by Crippen LogP contribution is 2.75. The molecule has 0 radical (unpaired) electrons. The van der Waals surface area contributed by atoms with Crippen LogP contribution in [0.4, 0.5) is 0 Å². The van der Waals surface area contributed by atoms with E-state index in [1.165, 1.54) is 25.7 Å². The first-order chi connectivity index (χ1) is 10.9. The van der Waals surface area contributed by atoms with E-state index in [9.17, 15) is 4.79 Å². The van der Waals surface area contributed by atoms with Gasteiger partial charge in [0.2, 0.25) is 0 Å². The number of hydrogen-bond donors (Lipinski definition) is 0. The summed E-state index contributed by atoms with van der Waals surface area (Å²) in [6.07, 6.45) is 11.4. The lowest BCUT2D eigenvalue weighted by molar-refractivity contribution is -0.156. The van der Waals surface area contributed by atoms with Gasteiger partial charge in [-0.25, -0.2) is 0 Å². The zero-order valence-electron chi connectivity index (χ0n) is 15.2. The molecule has 128 valence electrons. The van der Waals surface area contributed by atoms with Crippen LogP contribution in [0.2, 0.25) is 0 Å². The predicted octanol–water partition coefficient (Wildman–Crippen LogP) is 4.84. The third-order valence-electron chi connectivity index (χ3n) is 7.36. The van der Waals surface area contributed by atoms with E-state index in [1.54, 1.807) is 0 Å². The molecule has 7 atom stereocenters. The highest BCUT2D eigenvalue weighted by Gasteiger charge is 2.70. The number of hydrogen-bond acceptors (Lipinski definition) is 2.